The van der Waals surface area contributed by atoms with E-state index in [1.807, 2.05) is 18.2 Å². The molecule has 3 N–H and O–H groups in total. The van der Waals surface area contributed by atoms with Crippen LogP contribution >= 0.6 is 11.6 Å². The number of aromatic amines is 1. The van der Waals surface area contributed by atoms with E-state index >= 15 is 0 Å². The van der Waals surface area contributed by atoms with Crippen LogP contribution in [0.2, 0.25) is 5.02 Å². The summed E-state index contributed by atoms with van der Waals surface area (Å²) in [6.45, 7) is 2.08. The molecule has 1 aromatic carbocycles. The zero-order valence-electron chi connectivity index (χ0n) is 13.6. The van der Waals surface area contributed by atoms with Crippen molar-refractivity contribution in [3.8, 4) is 0 Å². The summed E-state index contributed by atoms with van der Waals surface area (Å²) in [5.41, 5.74) is 3.01. The van der Waals surface area contributed by atoms with Crippen LogP contribution in [0.5, 0.6) is 0 Å². The van der Waals surface area contributed by atoms with Crippen LogP contribution in [0.15, 0.2) is 18.2 Å². The summed E-state index contributed by atoms with van der Waals surface area (Å²) in [6, 6.07) is 5.89. The molecule has 2 heterocycles. The SMILES string of the molecule is O=C(O)C(F)(F)F.O=C(O)c1[nH]nnc1CN1CCc2cc(Cl)ccc2C1. The van der Waals surface area contributed by atoms with E-state index in [2.05, 4.69) is 20.3 Å². The molecule has 0 amide bonds. The van der Waals surface area contributed by atoms with Crippen molar-refractivity contribution in [1.29, 1.82) is 0 Å². The molecule has 2 aromatic rings. The Kier molecular flexibility index (Phi) is 6.39. The molecule has 0 unspecified atom stereocenters. The summed E-state index contributed by atoms with van der Waals surface area (Å²) < 4.78 is 31.7. The van der Waals surface area contributed by atoms with Gasteiger partial charge in [0.05, 0.1) is 0 Å². The number of hydrogen-bond acceptors (Lipinski definition) is 5. The highest BCUT2D eigenvalue weighted by Gasteiger charge is 2.38. The number of alkyl halides is 3. The molecule has 1 aromatic heterocycles. The minimum atomic E-state index is -5.08. The number of benzene rings is 1. The van der Waals surface area contributed by atoms with Crippen molar-refractivity contribution in [3.63, 3.8) is 0 Å². The quantitative estimate of drug-likeness (QED) is 0.715. The maximum Gasteiger partial charge on any atom is 0.490 e. The first kappa shape index (κ1) is 20.6. The van der Waals surface area contributed by atoms with E-state index in [1.165, 1.54) is 11.1 Å². The second kappa shape index (κ2) is 8.35. The Morgan fingerprint density at radius 3 is 2.52 bits per heavy atom. The van der Waals surface area contributed by atoms with Gasteiger partial charge in [-0.3, -0.25) is 10.00 Å². The Hall–Kier alpha value is -2.66. The zero-order valence-corrected chi connectivity index (χ0v) is 14.4. The number of aromatic nitrogens is 3. The van der Waals surface area contributed by atoms with E-state index in [1.54, 1.807) is 0 Å². The number of nitrogens with zero attached hydrogens (tertiary/aromatic N) is 3. The number of aromatic carboxylic acids is 1. The summed E-state index contributed by atoms with van der Waals surface area (Å²) >= 11 is 5.98. The molecule has 0 saturated carbocycles. The number of aliphatic carboxylic acids is 1. The van der Waals surface area contributed by atoms with Crippen LogP contribution in [0.25, 0.3) is 0 Å². The average molecular weight is 407 g/mol. The zero-order chi connectivity index (χ0) is 20.2. The molecular weight excluding hydrogens is 393 g/mol. The average Bonchev–Trinajstić information content (AvgIpc) is 3.03. The first-order chi connectivity index (χ1) is 12.6. The summed E-state index contributed by atoms with van der Waals surface area (Å²) in [6.07, 6.45) is -4.18. The molecule has 0 radical (unpaired) electrons. The molecule has 0 spiro atoms. The molecule has 146 valence electrons. The predicted octanol–water partition coefficient (Wildman–Crippen LogP) is 2.35. The van der Waals surface area contributed by atoms with E-state index in [-0.39, 0.29) is 5.69 Å². The van der Waals surface area contributed by atoms with Crippen molar-refractivity contribution < 1.29 is 33.0 Å². The lowest BCUT2D eigenvalue weighted by molar-refractivity contribution is -0.192. The van der Waals surface area contributed by atoms with Crippen molar-refractivity contribution in [2.24, 2.45) is 0 Å². The Labute approximate surface area is 155 Å². The van der Waals surface area contributed by atoms with Gasteiger partial charge in [-0.25, -0.2) is 9.59 Å². The minimum Gasteiger partial charge on any atom is -0.476 e. The van der Waals surface area contributed by atoms with Crippen LogP contribution in [0, 0.1) is 0 Å². The van der Waals surface area contributed by atoms with Gasteiger partial charge in [-0.05, 0) is 29.7 Å². The highest BCUT2D eigenvalue weighted by Crippen LogP contribution is 2.23. The second-order valence-corrected chi connectivity index (χ2v) is 6.05. The fourth-order valence-corrected chi connectivity index (χ4v) is 2.65. The molecule has 0 atom stereocenters. The lowest BCUT2D eigenvalue weighted by Crippen LogP contribution is -2.30. The van der Waals surface area contributed by atoms with Crippen molar-refractivity contribution in [2.75, 3.05) is 6.54 Å². The van der Waals surface area contributed by atoms with Gasteiger partial charge in [0.1, 0.15) is 5.69 Å². The van der Waals surface area contributed by atoms with Crippen LogP contribution in [-0.4, -0.2) is 55.2 Å². The largest absolute Gasteiger partial charge is 0.490 e. The van der Waals surface area contributed by atoms with Crippen LogP contribution in [0.3, 0.4) is 0 Å². The van der Waals surface area contributed by atoms with Gasteiger partial charge in [-0.2, -0.15) is 13.2 Å². The van der Waals surface area contributed by atoms with Gasteiger partial charge in [0, 0.05) is 24.7 Å². The normalized spacial score (nSPS) is 14.1. The minimum absolute atomic E-state index is 0.0619. The lowest BCUT2D eigenvalue weighted by atomic mass is 10.00. The third-order valence-corrected chi connectivity index (χ3v) is 3.95. The number of H-pyrrole nitrogens is 1. The van der Waals surface area contributed by atoms with Gasteiger partial charge in [0.2, 0.25) is 0 Å². The smallest absolute Gasteiger partial charge is 0.476 e. The summed E-state index contributed by atoms with van der Waals surface area (Å²) in [4.78, 5) is 22.1. The Bertz CT molecular complexity index is 841. The number of carboxylic acid groups (broad SMARTS) is 2. The monoisotopic (exact) mass is 406 g/mol. The lowest BCUT2D eigenvalue weighted by Gasteiger charge is -2.28. The van der Waals surface area contributed by atoms with Gasteiger partial charge >= 0.3 is 18.1 Å². The number of carboxylic acids is 2. The Balaban J connectivity index is 0.000000321. The summed E-state index contributed by atoms with van der Waals surface area (Å²) in [5.74, 6) is -3.79. The highest BCUT2D eigenvalue weighted by molar-refractivity contribution is 6.30. The number of fused-ring (bicyclic) bond motifs is 1. The maximum absolute atomic E-state index is 11.0. The summed E-state index contributed by atoms with van der Waals surface area (Å²) in [7, 11) is 0. The van der Waals surface area contributed by atoms with E-state index in [4.69, 9.17) is 26.6 Å². The van der Waals surface area contributed by atoms with Crippen molar-refractivity contribution >= 4 is 23.5 Å². The standard InChI is InChI=1S/C13H13ClN4O2.C2HF3O2/c14-10-2-1-9-6-18(4-3-8(9)5-10)7-11-12(13(19)20)16-17-15-11;3-2(4,5)1(6)7/h1-2,5H,3-4,6-7H2,(H,19,20)(H,15,16,17);(H,6,7). The van der Waals surface area contributed by atoms with Crippen molar-refractivity contribution in [3.05, 3.63) is 45.7 Å². The molecule has 1 aliphatic heterocycles. The Morgan fingerprint density at radius 2 is 1.93 bits per heavy atom. The summed E-state index contributed by atoms with van der Waals surface area (Å²) in [5, 5.41) is 26.7. The predicted molar refractivity (Wildman–Crippen MR) is 86.3 cm³/mol. The molecule has 0 bridgehead atoms. The molecule has 3 rings (SSSR count). The van der Waals surface area contributed by atoms with Gasteiger partial charge in [0.15, 0.2) is 5.69 Å². The molecule has 0 saturated heterocycles. The third-order valence-electron chi connectivity index (χ3n) is 3.71. The van der Waals surface area contributed by atoms with Gasteiger partial charge < -0.3 is 10.2 Å². The molecule has 8 nitrogen and oxygen atoms in total. The van der Waals surface area contributed by atoms with Gasteiger partial charge in [-0.15, -0.1) is 5.10 Å². The van der Waals surface area contributed by atoms with Crippen LogP contribution in [0.1, 0.15) is 27.3 Å². The highest BCUT2D eigenvalue weighted by atomic mass is 35.5. The molecule has 0 fully saturated rings. The number of hydrogen-bond donors (Lipinski definition) is 3. The fraction of sp³-hybridized carbons (Fsp3) is 0.333. The van der Waals surface area contributed by atoms with Crippen LogP contribution in [0.4, 0.5) is 13.2 Å². The van der Waals surface area contributed by atoms with Gasteiger partial charge in [0.25, 0.3) is 0 Å². The fourth-order valence-electron chi connectivity index (χ4n) is 2.46. The van der Waals surface area contributed by atoms with Crippen molar-refractivity contribution in [2.45, 2.75) is 25.7 Å². The van der Waals surface area contributed by atoms with E-state index in [0.717, 1.165) is 24.5 Å². The molecular formula is C15H14ClF3N4O4. The second-order valence-electron chi connectivity index (χ2n) is 5.62. The number of halogens is 4. The van der Waals surface area contributed by atoms with E-state index < -0.39 is 18.1 Å². The molecule has 27 heavy (non-hydrogen) atoms. The number of carbonyl (C=O) groups is 2. The van der Waals surface area contributed by atoms with Crippen LogP contribution in [-0.2, 0) is 24.3 Å². The first-order valence-electron chi connectivity index (χ1n) is 7.51. The van der Waals surface area contributed by atoms with Crippen LogP contribution < -0.4 is 0 Å². The topological polar surface area (TPSA) is 119 Å². The van der Waals surface area contributed by atoms with E-state index in [0.29, 0.717) is 12.2 Å². The molecule has 1 aliphatic rings. The van der Waals surface area contributed by atoms with E-state index in [9.17, 15) is 18.0 Å². The molecule has 0 aliphatic carbocycles. The number of rotatable bonds is 3. The number of nitrogens with one attached hydrogen (secondary N) is 1. The molecule has 12 heteroatoms. The first-order valence-corrected chi connectivity index (χ1v) is 7.88. The maximum atomic E-state index is 11.0. The Morgan fingerprint density at radius 1 is 1.26 bits per heavy atom. The van der Waals surface area contributed by atoms with Gasteiger partial charge in [-0.1, -0.05) is 22.9 Å². The third kappa shape index (κ3) is 5.66. The van der Waals surface area contributed by atoms with Crippen molar-refractivity contribution in [1.82, 2.24) is 20.3 Å².